The molecular formula is C15H16N2O5. The van der Waals surface area contributed by atoms with E-state index in [-0.39, 0.29) is 16.8 Å². The summed E-state index contributed by atoms with van der Waals surface area (Å²) in [5.74, 6) is -1.51. The molecule has 1 aromatic carbocycles. The largest absolute Gasteiger partial charge is 0.478 e. The van der Waals surface area contributed by atoms with Crippen molar-refractivity contribution in [1.82, 2.24) is 0 Å². The van der Waals surface area contributed by atoms with Gasteiger partial charge in [-0.3, -0.25) is 14.9 Å². The second kappa shape index (κ2) is 6.38. The van der Waals surface area contributed by atoms with Gasteiger partial charge < -0.3 is 10.4 Å². The Hall–Kier alpha value is -2.70. The van der Waals surface area contributed by atoms with Crippen molar-refractivity contribution in [1.29, 1.82) is 0 Å². The van der Waals surface area contributed by atoms with E-state index in [4.69, 9.17) is 5.11 Å². The van der Waals surface area contributed by atoms with E-state index >= 15 is 0 Å². The van der Waals surface area contributed by atoms with Crippen molar-refractivity contribution >= 4 is 23.3 Å². The molecule has 116 valence electrons. The molecule has 2 N–H and O–H groups in total. The van der Waals surface area contributed by atoms with Gasteiger partial charge in [0.25, 0.3) is 11.6 Å². The average Bonchev–Trinajstić information content (AvgIpc) is 2.48. The van der Waals surface area contributed by atoms with Crippen LogP contribution in [0.4, 0.5) is 11.4 Å². The van der Waals surface area contributed by atoms with Gasteiger partial charge in [-0.05, 0) is 44.2 Å². The van der Waals surface area contributed by atoms with Crippen LogP contribution in [0.15, 0.2) is 29.3 Å². The fraction of sp³-hybridized carbons (Fsp3) is 0.333. The average molecular weight is 304 g/mol. The van der Waals surface area contributed by atoms with E-state index in [1.165, 1.54) is 18.2 Å². The van der Waals surface area contributed by atoms with Crippen molar-refractivity contribution in [2.24, 2.45) is 0 Å². The molecule has 0 aliphatic heterocycles. The van der Waals surface area contributed by atoms with E-state index < -0.39 is 16.8 Å². The Bertz CT molecular complexity index is 679. The van der Waals surface area contributed by atoms with Crippen molar-refractivity contribution in [3.63, 3.8) is 0 Å². The van der Waals surface area contributed by atoms with Crippen LogP contribution in [0.3, 0.4) is 0 Å². The maximum atomic E-state index is 12.3. The fourth-order valence-corrected chi connectivity index (χ4v) is 2.49. The number of nitrogens with zero attached hydrogens (tertiary/aromatic N) is 1. The van der Waals surface area contributed by atoms with E-state index in [9.17, 15) is 19.7 Å². The second-order valence-electron chi connectivity index (χ2n) is 5.18. The van der Waals surface area contributed by atoms with Crippen LogP contribution in [0, 0.1) is 17.0 Å². The highest BCUT2D eigenvalue weighted by atomic mass is 16.6. The number of carboxylic acid groups (broad SMARTS) is 1. The molecule has 0 bridgehead atoms. The summed E-state index contributed by atoms with van der Waals surface area (Å²) in [6.45, 7) is 1.65. The normalized spacial score (nSPS) is 14.6. The van der Waals surface area contributed by atoms with Gasteiger partial charge in [-0.2, -0.15) is 0 Å². The predicted octanol–water partition coefficient (Wildman–Crippen LogP) is 2.80. The lowest BCUT2D eigenvalue weighted by molar-refractivity contribution is -0.384. The summed E-state index contributed by atoms with van der Waals surface area (Å²) in [6.07, 6.45) is 2.35. The van der Waals surface area contributed by atoms with Gasteiger partial charge in [0.2, 0.25) is 0 Å². The van der Waals surface area contributed by atoms with Crippen LogP contribution in [0.25, 0.3) is 0 Å². The molecule has 1 amide bonds. The number of carbonyl (C=O) groups excluding carboxylic acids is 1. The smallest absolute Gasteiger partial charge is 0.332 e. The number of hydrogen-bond donors (Lipinski definition) is 2. The summed E-state index contributed by atoms with van der Waals surface area (Å²) in [4.78, 5) is 33.7. The van der Waals surface area contributed by atoms with Crippen LogP contribution < -0.4 is 5.32 Å². The number of aliphatic carboxylic acids is 1. The molecule has 0 atom stereocenters. The monoisotopic (exact) mass is 304 g/mol. The molecule has 1 aliphatic rings. The molecule has 2 rings (SSSR count). The minimum atomic E-state index is -1.06. The fourth-order valence-electron chi connectivity index (χ4n) is 2.49. The Morgan fingerprint density at radius 2 is 1.86 bits per heavy atom. The third-order valence-electron chi connectivity index (χ3n) is 3.67. The first-order valence-electron chi connectivity index (χ1n) is 6.92. The molecule has 22 heavy (non-hydrogen) atoms. The SMILES string of the molecule is Cc1cc([N+](=O)[O-])ccc1NC(=O)C1=C(C(=O)O)CCCC1. The number of nitrogens with one attached hydrogen (secondary N) is 1. The summed E-state index contributed by atoms with van der Waals surface area (Å²) < 4.78 is 0. The highest BCUT2D eigenvalue weighted by Gasteiger charge is 2.24. The van der Waals surface area contributed by atoms with Gasteiger partial charge in [0.15, 0.2) is 0 Å². The number of nitro benzene ring substituents is 1. The molecule has 0 radical (unpaired) electrons. The molecule has 0 heterocycles. The maximum absolute atomic E-state index is 12.3. The lowest BCUT2D eigenvalue weighted by Crippen LogP contribution is -2.21. The molecule has 7 nitrogen and oxygen atoms in total. The third-order valence-corrected chi connectivity index (χ3v) is 3.67. The standard InChI is InChI=1S/C15H16N2O5/c1-9-8-10(17(21)22)6-7-13(9)16-14(18)11-4-2-3-5-12(11)15(19)20/h6-8H,2-5H2,1H3,(H,16,18)(H,19,20). The van der Waals surface area contributed by atoms with E-state index in [0.29, 0.717) is 24.1 Å². The number of rotatable bonds is 4. The Kier molecular flexibility index (Phi) is 4.55. The first kappa shape index (κ1) is 15.7. The molecule has 0 fully saturated rings. The molecule has 0 unspecified atom stereocenters. The molecule has 1 aliphatic carbocycles. The number of nitro groups is 1. The quantitative estimate of drug-likeness (QED) is 0.656. The van der Waals surface area contributed by atoms with Gasteiger partial charge in [-0.15, -0.1) is 0 Å². The predicted molar refractivity (Wildman–Crippen MR) is 79.6 cm³/mol. The first-order chi connectivity index (χ1) is 10.4. The second-order valence-corrected chi connectivity index (χ2v) is 5.18. The van der Waals surface area contributed by atoms with Crippen molar-refractivity contribution in [3.8, 4) is 0 Å². The minimum absolute atomic E-state index is 0.0568. The molecule has 0 saturated carbocycles. The van der Waals surface area contributed by atoms with Gasteiger partial charge in [0.1, 0.15) is 0 Å². The molecule has 0 spiro atoms. The van der Waals surface area contributed by atoms with Crippen LogP contribution in [0.2, 0.25) is 0 Å². The number of non-ortho nitro benzene ring substituents is 1. The highest BCUT2D eigenvalue weighted by molar-refractivity contribution is 6.09. The van der Waals surface area contributed by atoms with Gasteiger partial charge in [0, 0.05) is 29.0 Å². The zero-order valence-electron chi connectivity index (χ0n) is 12.1. The Labute approximate surface area is 126 Å². The lowest BCUT2D eigenvalue weighted by atomic mass is 9.91. The van der Waals surface area contributed by atoms with Crippen LogP contribution in [0.5, 0.6) is 0 Å². The van der Waals surface area contributed by atoms with Gasteiger partial charge >= 0.3 is 5.97 Å². The molecule has 0 saturated heterocycles. The lowest BCUT2D eigenvalue weighted by Gasteiger charge is -2.17. The van der Waals surface area contributed by atoms with E-state index in [1.807, 2.05) is 0 Å². The van der Waals surface area contributed by atoms with Crippen molar-refractivity contribution in [2.45, 2.75) is 32.6 Å². The van der Waals surface area contributed by atoms with Gasteiger partial charge in [-0.1, -0.05) is 0 Å². The summed E-state index contributed by atoms with van der Waals surface area (Å²) in [5.41, 5.74) is 1.38. The topological polar surface area (TPSA) is 110 Å². The number of hydrogen-bond acceptors (Lipinski definition) is 4. The third kappa shape index (κ3) is 3.30. The van der Waals surface area contributed by atoms with Crippen LogP contribution in [-0.4, -0.2) is 21.9 Å². The zero-order valence-corrected chi connectivity index (χ0v) is 12.1. The zero-order chi connectivity index (χ0) is 16.3. The minimum Gasteiger partial charge on any atom is -0.478 e. The highest BCUT2D eigenvalue weighted by Crippen LogP contribution is 2.27. The number of amides is 1. The summed E-state index contributed by atoms with van der Waals surface area (Å²) >= 11 is 0. The Morgan fingerprint density at radius 3 is 2.41 bits per heavy atom. The molecule has 0 aromatic heterocycles. The van der Waals surface area contributed by atoms with E-state index in [2.05, 4.69) is 5.32 Å². The van der Waals surface area contributed by atoms with Crippen LogP contribution >= 0.6 is 0 Å². The van der Waals surface area contributed by atoms with Crippen LogP contribution in [-0.2, 0) is 9.59 Å². The van der Waals surface area contributed by atoms with E-state index in [1.54, 1.807) is 6.92 Å². The van der Waals surface area contributed by atoms with Crippen molar-refractivity contribution < 1.29 is 19.6 Å². The molecule has 7 heteroatoms. The first-order valence-corrected chi connectivity index (χ1v) is 6.92. The summed E-state index contributed by atoms with van der Waals surface area (Å²) in [7, 11) is 0. The number of carboxylic acids is 1. The molecular weight excluding hydrogens is 288 g/mol. The number of benzene rings is 1. The van der Waals surface area contributed by atoms with Crippen LogP contribution in [0.1, 0.15) is 31.2 Å². The van der Waals surface area contributed by atoms with Crippen molar-refractivity contribution in [3.05, 3.63) is 45.0 Å². The number of carbonyl (C=O) groups is 2. The van der Waals surface area contributed by atoms with Crippen molar-refractivity contribution in [2.75, 3.05) is 5.32 Å². The van der Waals surface area contributed by atoms with Gasteiger partial charge in [0.05, 0.1) is 4.92 Å². The number of aryl methyl sites for hydroxylation is 1. The molecule has 1 aromatic rings. The number of anilines is 1. The Morgan fingerprint density at radius 1 is 1.23 bits per heavy atom. The summed E-state index contributed by atoms with van der Waals surface area (Å²) in [6, 6.07) is 4.12. The van der Waals surface area contributed by atoms with Gasteiger partial charge in [-0.25, -0.2) is 4.79 Å². The Balaban J connectivity index is 2.25. The summed E-state index contributed by atoms with van der Waals surface area (Å²) in [5, 5.41) is 22.5. The van der Waals surface area contributed by atoms with E-state index in [0.717, 1.165) is 12.8 Å². The maximum Gasteiger partial charge on any atom is 0.332 e.